The van der Waals surface area contributed by atoms with E-state index in [-0.39, 0.29) is 0 Å². The van der Waals surface area contributed by atoms with Gasteiger partial charge in [-0.2, -0.15) is 5.26 Å². The minimum atomic E-state index is 0.320. The normalized spacial score (nSPS) is 9.83. The number of pyridine rings is 1. The summed E-state index contributed by atoms with van der Waals surface area (Å²) in [4.78, 5) is 4.12. The third-order valence-corrected chi connectivity index (χ3v) is 2.67. The number of nitrogens with zero attached hydrogens (tertiary/aromatic N) is 2. The van der Waals surface area contributed by atoms with Gasteiger partial charge in [-0.3, -0.25) is 0 Å². The van der Waals surface area contributed by atoms with Gasteiger partial charge in [0.05, 0.1) is 11.6 Å². The molecule has 0 bridgehead atoms. The van der Waals surface area contributed by atoms with E-state index in [2.05, 4.69) is 35.4 Å². The molecule has 0 radical (unpaired) electrons. The van der Waals surface area contributed by atoms with Crippen LogP contribution in [0.15, 0.2) is 36.4 Å². The molecule has 0 atom stereocenters. The van der Waals surface area contributed by atoms with Gasteiger partial charge in [-0.05, 0) is 24.6 Å². The summed E-state index contributed by atoms with van der Waals surface area (Å²) in [6.07, 6.45) is 0. The van der Waals surface area contributed by atoms with Crippen LogP contribution in [0.2, 0.25) is 5.15 Å². The van der Waals surface area contributed by atoms with Crippen molar-refractivity contribution in [3.05, 3.63) is 58.2 Å². The first-order valence-corrected chi connectivity index (χ1v) is 5.92. The number of aromatic nitrogens is 1. The Balaban J connectivity index is 2.11. The third-order valence-electron chi connectivity index (χ3n) is 2.48. The number of rotatable bonds is 3. The summed E-state index contributed by atoms with van der Waals surface area (Å²) in [6, 6.07) is 13.5. The van der Waals surface area contributed by atoms with Crippen LogP contribution < -0.4 is 5.32 Å². The lowest BCUT2D eigenvalue weighted by molar-refractivity contribution is 1.10. The number of halogens is 1. The molecule has 0 aliphatic heterocycles. The molecule has 90 valence electrons. The van der Waals surface area contributed by atoms with Crippen molar-refractivity contribution in [3.63, 3.8) is 0 Å². The number of nitrogens with one attached hydrogen (secondary N) is 1. The topological polar surface area (TPSA) is 48.7 Å². The molecule has 0 saturated heterocycles. The van der Waals surface area contributed by atoms with E-state index >= 15 is 0 Å². The smallest absolute Gasteiger partial charge is 0.132 e. The predicted octanol–water partition coefficient (Wildman–Crippen LogP) is 3.53. The summed E-state index contributed by atoms with van der Waals surface area (Å²) in [7, 11) is 0. The first kappa shape index (κ1) is 12.4. The molecular weight excluding hydrogens is 246 g/mol. The standard InChI is InChI=1S/C14H12ClN3/c1-10-3-2-4-11(5-10)9-17-14-7-12(8-16)6-13(15)18-14/h2-7H,9H2,1H3,(H,17,18). The fraction of sp³-hybridized carbons (Fsp3) is 0.143. The fourth-order valence-electron chi connectivity index (χ4n) is 1.67. The van der Waals surface area contributed by atoms with Crippen LogP contribution in [0.1, 0.15) is 16.7 Å². The van der Waals surface area contributed by atoms with E-state index in [1.54, 1.807) is 12.1 Å². The quantitative estimate of drug-likeness (QED) is 0.856. The van der Waals surface area contributed by atoms with Crippen molar-refractivity contribution in [2.45, 2.75) is 13.5 Å². The average Bonchev–Trinajstić information content (AvgIpc) is 2.36. The van der Waals surface area contributed by atoms with Crippen LogP contribution in [0.25, 0.3) is 0 Å². The lowest BCUT2D eigenvalue weighted by Gasteiger charge is -2.07. The Kier molecular flexibility index (Phi) is 3.81. The molecule has 0 unspecified atom stereocenters. The third kappa shape index (κ3) is 3.22. The first-order valence-electron chi connectivity index (χ1n) is 5.54. The molecule has 0 saturated carbocycles. The molecular formula is C14H12ClN3. The van der Waals surface area contributed by atoms with Gasteiger partial charge in [-0.1, -0.05) is 41.4 Å². The lowest BCUT2D eigenvalue weighted by atomic mass is 10.1. The second-order valence-electron chi connectivity index (χ2n) is 4.02. The zero-order chi connectivity index (χ0) is 13.0. The van der Waals surface area contributed by atoms with Gasteiger partial charge in [0.1, 0.15) is 11.0 Å². The Morgan fingerprint density at radius 1 is 1.33 bits per heavy atom. The highest BCUT2D eigenvalue weighted by molar-refractivity contribution is 6.29. The highest BCUT2D eigenvalue weighted by atomic mass is 35.5. The van der Waals surface area contributed by atoms with E-state index in [9.17, 15) is 0 Å². The maximum Gasteiger partial charge on any atom is 0.132 e. The zero-order valence-electron chi connectivity index (χ0n) is 9.94. The Morgan fingerprint density at radius 2 is 2.17 bits per heavy atom. The predicted molar refractivity (Wildman–Crippen MR) is 72.5 cm³/mol. The summed E-state index contributed by atoms with van der Waals surface area (Å²) in [5.41, 5.74) is 2.88. The van der Waals surface area contributed by atoms with E-state index in [4.69, 9.17) is 16.9 Å². The SMILES string of the molecule is Cc1cccc(CNc2cc(C#N)cc(Cl)n2)c1. The second-order valence-corrected chi connectivity index (χ2v) is 4.41. The molecule has 1 heterocycles. The molecule has 18 heavy (non-hydrogen) atoms. The van der Waals surface area contributed by atoms with Gasteiger partial charge in [0.15, 0.2) is 0 Å². The van der Waals surface area contributed by atoms with Crippen molar-refractivity contribution >= 4 is 17.4 Å². The first-order chi connectivity index (χ1) is 8.67. The van der Waals surface area contributed by atoms with Gasteiger partial charge in [0.2, 0.25) is 0 Å². The van der Waals surface area contributed by atoms with Crippen LogP contribution in [0, 0.1) is 18.3 Å². The van der Waals surface area contributed by atoms with Crippen molar-refractivity contribution < 1.29 is 0 Å². The summed E-state index contributed by atoms with van der Waals surface area (Å²) in [5, 5.41) is 12.3. The molecule has 1 aromatic heterocycles. The van der Waals surface area contributed by atoms with Crippen molar-refractivity contribution in [3.8, 4) is 6.07 Å². The molecule has 0 spiro atoms. The monoisotopic (exact) mass is 257 g/mol. The van der Waals surface area contributed by atoms with Crippen LogP contribution in [-0.4, -0.2) is 4.98 Å². The Bertz CT molecular complexity index is 602. The highest BCUT2D eigenvalue weighted by Gasteiger charge is 2.01. The van der Waals surface area contributed by atoms with Gasteiger partial charge >= 0.3 is 0 Å². The molecule has 1 N–H and O–H groups in total. The van der Waals surface area contributed by atoms with Crippen molar-refractivity contribution in [1.82, 2.24) is 4.98 Å². The number of anilines is 1. The molecule has 2 rings (SSSR count). The molecule has 2 aromatic rings. The second kappa shape index (κ2) is 5.52. The van der Waals surface area contributed by atoms with E-state index in [1.165, 1.54) is 5.56 Å². The number of hydrogen-bond acceptors (Lipinski definition) is 3. The minimum absolute atomic E-state index is 0.320. The number of aryl methyl sites for hydroxylation is 1. The van der Waals surface area contributed by atoms with Gasteiger partial charge < -0.3 is 5.32 Å². The van der Waals surface area contributed by atoms with Crippen molar-refractivity contribution in [2.75, 3.05) is 5.32 Å². The molecule has 0 aliphatic carbocycles. The zero-order valence-corrected chi connectivity index (χ0v) is 10.7. The maximum atomic E-state index is 8.84. The van der Waals surface area contributed by atoms with E-state index in [0.717, 1.165) is 5.56 Å². The number of nitriles is 1. The molecule has 4 heteroatoms. The Hall–Kier alpha value is -2.05. The largest absolute Gasteiger partial charge is 0.366 e. The van der Waals surface area contributed by atoms with Gasteiger partial charge in [-0.15, -0.1) is 0 Å². The van der Waals surface area contributed by atoms with Crippen LogP contribution >= 0.6 is 11.6 Å². The molecule has 1 aromatic carbocycles. The average molecular weight is 258 g/mol. The fourth-order valence-corrected chi connectivity index (χ4v) is 1.88. The van der Waals surface area contributed by atoms with Crippen LogP contribution in [0.4, 0.5) is 5.82 Å². The highest BCUT2D eigenvalue weighted by Crippen LogP contribution is 2.15. The van der Waals surface area contributed by atoms with E-state index in [0.29, 0.717) is 23.1 Å². The molecule has 3 nitrogen and oxygen atoms in total. The molecule has 0 amide bonds. The Morgan fingerprint density at radius 3 is 2.89 bits per heavy atom. The maximum absolute atomic E-state index is 8.84. The van der Waals surface area contributed by atoms with Gasteiger partial charge in [0.25, 0.3) is 0 Å². The van der Waals surface area contributed by atoms with E-state index in [1.807, 2.05) is 12.1 Å². The lowest BCUT2D eigenvalue weighted by Crippen LogP contribution is -2.02. The van der Waals surface area contributed by atoms with Crippen LogP contribution in [0.5, 0.6) is 0 Å². The summed E-state index contributed by atoms with van der Waals surface area (Å²) in [6.45, 7) is 2.70. The van der Waals surface area contributed by atoms with Crippen molar-refractivity contribution in [2.24, 2.45) is 0 Å². The Labute approximate surface area is 111 Å². The van der Waals surface area contributed by atoms with E-state index < -0.39 is 0 Å². The van der Waals surface area contributed by atoms with Gasteiger partial charge in [0, 0.05) is 6.54 Å². The number of benzene rings is 1. The summed E-state index contributed by atoms with van der Waals surface area (Å²) < 4.78 is 0. The van der Waals surface area contributed by atoms with Crippen molar-refractivity contribution in [1.29, 1.82) is 5.26 Å². The minimum Gasteiger partial charge on any atom is -0.366 e. The van der Waals surface area contributed by atoms with Crippen LogP contribution in [-0.2, 0) is 6.54 Å². The molecule has 0 fully saturated rings. The van der Waals surface area contributed by atoms with Crippen LogP contribution in [0.3, 0.4) is 0 Å². The van der Waals surface area contributed by atoms with Gasteiger partial charge in [-0.25, -0.2) is 4.98 Å². The summed E-state index contributed by atoms with van der Waals surface area (Å²) >= 11 is 5.83. The number of hydrogen-bond donors (Lipinski definition) is 1. The summed E-state index contributed by atoms with van der Waals surface area (Å²) in [5.74, 6) is 0.612. The molecule has 0 aliphatic rings.